The molecule has 0 saturated carbocycles. The number of hydrogen-bond acceptors (Lipinski definition) is 2. The predicted molar refractivity (Wildman–Crippen MR) is 86.5 cm³/mol. The SMILES string of the molecule is CC(C)C(CNC(=O)c1csc2c1CCCC2)C(C)C. The van der Waals surface area contributed by atoms with Crippen LogP contribution in [0.1, 0.15) is 61.3 Å². The summed E-state index contributed by atoms with van der Waals surface area (Å²) in [4.78, 5) is 13.9. The van der Waals surface area contributed by atoms with Gasteiger partial charge in [-0.05, 0) is 49.0 Å². The molecule has 2 rings (SSSR count). The highest BCUT2D eigenvalue weighted by Crippen LogP contribution is 2.30. The van der Waals surface area contributed by atoms with Crippen LogP contribution in [0.15, 0.2) is 5.38 Å². The maximum atomic E-state index is 12.4. The molecule has 1 aromatic rings. The van der Waals surface area contributed by atoms with Crippen LogP contribution in [-0.2, 0) is 12.8 Å². The Balaban J connectivity index is 2.00. The first-order valence-electron chi connectivity index (χ1n) is 7.88. The highest BCUT2D eigenvalue weighted by Gasteiger charge is 2.22. The Morgan fingerprint density at radius 1 is 1.20 bits per heavy atom. The van der Waals surface area contributed by atoms with Crippen LogP contribution in [0.3, 0.4) is 0 Å². The molecule has 1 aromatic heterocycles. The second-order valence-corrected chi connectivity index (χ2v) is 7.58. The van der Waals surface area contributed by atoms with Crippen molar-refractivity contribution in [3.63, 3.8) is 0 Å². The molecule has 1 N–H and O–H groups in total. The summed E-state index contributed by atoms with van der Waals surface area (Å²) in [5, 5.41) is 5.23. The van der Waals surface area contributed by atoms with E-state index in [1.54, 1.807) is 11.3 Å². The summed E-state index contributed by atoms with van der Waals surface area (Å²) >= 11 is 1.77. The Morgan fingerprint density at radius 3 is 2.50 bits per heavy atom. The van der Waals surface area contributed by atoms with E-state index in [2.05, 4.69) is 38.4 Å². The van der Waals surface area contributed by atoms with Gasteiger partial charge >= 0.3 is 0 Å². The Hall–Kier alpha value is -0.830. The minimum absolute atomic E-state index is 0.135. The molecule has 0 saturated heterocycles. The lowest BCUT2D eigenvalue weighted by Crippen LogP contribution is -2.34. The lowest BCUT2D eigenvalue weighted by Gasteiger charge is -2.25. The van der Waals surface area contributed by atoms with Gasteiger partial charge in [0.1, 0.15) is 0 Å². The maximum absolute atomic E-state index is 12.4. The smallest absolute Gasteiger partial charge is 0.252 e. The van der Waals surface area contributed by atoms with Gasteiger partial charge in [-0.2, -0.15) is 0 Å². The van der Waals surface area contributed by atoms with Crippen LogP contribution in [0.5, 0.6) is 0 Å². The highest BCUT2D eigenvalue weighted by atomic mass is 32.1. The van der Waals surface area contributed by atoms with E-state index in [1.807, 2.05) is 0 Å². The molecule has 0 radical (unpaired) electrons. The van der Waals surface area contributed by atoms with E-state index in [0.717, 1.165) is 24.9 Å². The summed E-state index contributed by atoms with van der Waals surface area (Å²) in [5.41, 5.74) is 2.26. The summed E-state index contributed by atoms with van der Waals surface area (Å²) in [5.74, 6) is 1.89. The third-order valence-electron chi connectivity index (χ3n) is 4.52. The van der Waals surface area contributed by atoms with Crippen LogP contribution in [0.25, 0.3) is 0 Å². The molecule has 0 aromatic carbocycles. The Morgan fingerprint density at radius 2 is 1.85 bits per heavy atom. The first kappa shape index (κ1) is 15.6. The standard InChI is InChI=1S/C17H27NOS/c1-11(2)14(12(3)4)9-18-17(19)15-10-20-16-8-6-5-7-13(15)16/h10-12,14H,5-9H2,1-4H3,(H,18,19). The molecule has 1 heterocycles. The highest BCUT2D eigenvalue weighted by molar-refractivity contribution is 7.10. The van der Waals surface area contributed by atoms with Gasteiger partial charge < -0.3 is 5.32 Å². The number of carbonyl (C=O) groups excluding carboxylic acids is 1. The topological polar surface area (TPSA) is 29.1 Å². The number of aryl methyl sites for hydroxylation is 1. The molecule has 1 aliphatic carbocycles. The van der Waals surface area contributed by atoms with Crippen molar-refractivity contribution >= 4 is 17.2 Å². The first-order chi connectivity index (χ1) is 9.50. The minimum Gasteiger partial charge on any atom is -0.352 e. The molecule has 0 unspecified atom stereocenters. The number of fused-ring (bicyclic) bond motifs is 1. The summed E-state index contributed by atoms with van der Waals surface area (Å²) in [6.45, 7) is 9.75. The summed E-state index contributed by atoms with van der Waals surface area (Å²) in [7, 11) is 0. The second-order valence-electron chi connectivity index (χ2n) is 6.62. The molecular formula is C17H27NOS. The zero-order valence-corrected chi connectivity index (χ0v) is 14.0. The van der Waals surface area contributed by atoms with E-state index in [4.69, 9.17) is 0 Å². The van der Waals surface area contributed by atoms with Crippen molar-refractivity contribution in [2.45, 2.75) is 53.4 Å². The fraction of sp³-hybridized carbons (Fsp3) is 0.706. The van der Waals surface area contributed by atoms with Gasteiger partial charge in [0, 0.05) is 16.8 Å². The monoisotopic (exact) mass is 293 g/mol. The maximum Gasteiger partial charge on any atom is 0.252 e. The van der Waals surface area contributed by atoms with E-state index < -0.39 is 0 Å². The Labute approximate surface area is 127 Å². The molecular weight excluding hydrogens is 266 g/mol. The quantitative estimate of drug-likeness (QED) is 0.862. The van der Waals surface area contributed by atoms with Gasteiger partial charge in [-0.25, -0.2) is 0 Å². The minimum atomic E-state index is 0.135. The Bertz CT molecular complexity index is 454. The van der Waals surface area contributed by atoms with Crippen molar-refractivity contribution in [1.82, 2.24) is 5.32 Å². The first-order valence-corrected chi connectivity index (χ1v) is 8.76. The number of hydrogen-bond donors (Lipinski definition) is 1. The van der Waals surface area contributed by atoms with Crippen molar-refractivity contribution in [3.8, 4) is 0 Å². The van der Waals surface area contributed by atoms with Crippen LogP contribution in [0.4, 0.5) is 0 Å². The van der Waals surface area contributed by atoms with Crippen molar-refractivity contribution < 1.29 is 4.79 Å². The van der Waals surface area contributed by atoms with Crippen LogP contribution in [-0.4, -0.2) is 12.5 Å². The second kappa shape index (κ2) is 6.75. The van der Waals surface area contributed by atoms with Gasteiger partial charge in [-0.15, -0.1) is 11.3 Å². The number of rotatable bonds is 5. The van der Waals surface area contributed by atoms with Crippen molar-refractivity contribution in [1.29, 1.82) is 0 Å². The van der Waals surface area contributed by atoms with E-state index in [-0.39, 0.29) is 5.91 Å². The molecule has 0 spiro atoms. The largest absolute Gasteiger partial charge is 0.352 e. The van der Waals surface area contributed by atoms with Crippen molar-refractivity contribution in [2.75, 3.05) is 6.54 Å². The molecule has 0 bridgehead atoms. The third-order valence-corrected chi connectivity index (χ3v) is 5.61. The van der Waals surface area contributed by atoms with Gasteiger partial charge in [-0.1, -0.05) is 27.7 Å². The van der Waals surface area contributed by atoms with Crippen LogP contribution in [0, 0.1) is 17.8 Å². The molecule has 0 aliphatic heterocycles. The average molecular weight is 293 g/mol. The van der Waals surface area contributed by atoms with Crippen LogP contribution in [0.2, 0.25) is 0 Å². The molecule has 0 fully saturated rings. The zero-order valence-electron chi connectivity index (χ0n) is 13.2. The molecule has 112 valence electrons. The third kappa shape index (κ3) is 3.43. The number of amides is 1. The van der Waals surface area contributed by atoms with Crippen molar-refractivity contribution in [2.24, 2.45) is 17.8 Å². The summed E-state index contributed by atoms with van der Waals surface area (Å²) < 4.78 is 0. The molecule has 20 heavy (non-hydrogen) atoms. The van der Waals surface area contributed by atoms with Gasteiger partial charge in [0.05, 0.1) is 5.56 Å². The van der Waals surface area contributed by atoms with Gasteiger partial charge in [0.25, 0.3) is 5.91 Å². The van der Waals surface area contributed by atoms with E-state index >= 15 is 0 Å². The lowest BCUT2D eigenvalue weighted by molar-refractivity contribution is 0.0936. The van der Waals surface area contributed by atoms with Crippen molar-refractivity contribution in [3.05, 3.63) is 21.4 Å². The fourth-order valence-electron chi connectivity index (χ4n) is 3.23. The van der Waals surface area contributed by atoms with Gasteiger partial charge in [0.2, 0.25) is 0 Å². The van der Waals surface area contributed by atoms with E-state index in [0.29, 0.717) is 17.8 Å². The summed E-state index contributed by atoms with van der Waals surface area (Å²) in [6, 6.07) is 0. The van der Waals surface area contributed by atoms with Gasteiger partial charge in [0.15, 0.2) is 0 Å². The number of thiophene rings is 1. The van der Waals surface area contributed by atoms with E-state index in [9.17, 15) is 4.79 Å². The molecule has 2 nitrogen and oxygen atoms in total. The van der Waals surface area contributed by atoms with E-state index in [1.165, 1.54) is 23.3 Å². The fourth-order valence-corrected chi connectivity index (χ4v) is 4.36. The molecule has 1 aliphatic rings. The summed E-state index contributed by atoms with van der Waals surface area (Å²) in [6.07, 6.45) is 4.75. The van der Waals surface area contributed by atoms with Gasteiger partial charge in [-0.3, -0.25) is 4.79 Å². The zero-order chi connectivity index (χ0) is 14.7. The molecule has 3 heteroatoms. The number of carbonyl (C=O) groups is 1. The molecule has 0 atom stereocenters. The predicted octanol–water partition coefficient (Wildman–Crippen LogP) is 4.28. The van der Waals surface area contributed by atoms with Crippen LogP contribution >= 0.6 is 11.3 Å². The molecule has 1 amide bonds. The lowest BCUT2D eigenvalue weighted by atomic mass is 9.85. The normalized spacial score (nSPS) is 14.9. The number of nitrogens with one attached hydrogen (secondary N) is 1. The average Bonchev–Trinajstić information content (AvgIpc) is 2.81. The van der Waals surface area contributed by atoms with Crippen LogP contribution < -0.4 is 5.32 Å². The Kier molecular flexibility index (Phi) is 5.25.